The van der Waals surface area contributed by atoms with Crippen LogP contribution in [0.1, 0.15) is 28.9 Å². The second-order valence-corrected chi connectivity index (χ2v) is 8.69. The first-order valence-corrected chi connectivity index (χ1v) is 11.3. The second kappa shape index (κ2) is 8.74. The van der Waals surface area contributed by atoms with Crippen molar-refractivity contribution < 1.29 is 9.53 Å². The fourth-order valence-corrected chi connectivity index (χ4v) is 4.75. The number of morpholine rings is 1. The van der Waals surface area contributed by atoms with E-state index in [0.29, 0.717) is 24.7 Å². The molecule has 0 aliphatic carbocycles. The molecule has 162 valence electrons. The van der Waals surface area contributed by atoms with Crippen molar-refractivity contribution in [1.82, 2.24) is 9.80 Å². The minimum atomic E-state index is -0.0390. The van der Waals surface area contributed by atoms with Crippen LogP contribution in [0.4, 0.5) is 0 Å². The average Bonchev–Trinajstić information content (AvgIpc) is 2.83. The molecule has 2 fully saturated rings. The number of hydrogen-bond acceptors (Lipinski definition) is 4. The number of nitrogens with zero attached hydrogens (tertiary/aromatic N) is 3. The molecule has 5 heteroatoms. The highest BCUT2D eigenvalue weighted by Gasteiger charge is 2.31. The summed E-state index contributed by atoms with van der Waals surface area (Å²) in [6, 6.07) is 23.5. The molecule has 3 aromatic rings. The predicted molar refractivity (Wildman–Crippen MR) is 125 cm³/mol. The zero-order chi connectivity index (χ0) is 22.1. The Balaban J connectivity index is 1.43. The molecule has 5 rings (SSSR count). The first-order chi connectivity index (χ1) is 15.7. The molecule has 32 heavy (non-hydrogen) atoms. The minimum absolute atomic E-state index is 0.00827. The van der Waals surface area contributed by atoms with Crippen molar-refractivity contribution in [3.05, 3.63) is 71.8 Å². The molecule has 2 aliphatic rings. The first-order valence-electron chi connectivity index (χ1n) is 11.3. The van der Waals surface area contributed by atoms with Crippen LogP contribution in [0.25, 0.3) is 21.9 Å². The summed E-state index contributed by atoms with van der Waals surface area (Å²) in [7, 11) is 0. The van der Waals surface area contributed by atoms with Gasteiger partial charge in [0.2, 0.25) is 0 Å². The third-order valence-electron chi connectivity index (χ3n) is 6.80. The van der Waals surface area contributed by atoms with Crippen LogP contribution in [0, 0.1) is 17.2 Å². The van der Waals surface area contributed by atoms with E-state index >= 15 is 0 Å². The highest BCUT2D eigenvalue weighted by atomic mass is 16.5. The third-order valence-corrected chi connectivity index (χ3v) is 6.80. The van der Waals surface area contributed by atoms with E-state index < -0.39 is 0 Å². The largest absolute Gasteiger partial charge is 0.379 e. The molecule has 2 saturated heterocycles. The summed E-state index contributed by atoms with van der Waals surface area (Å²) in [5, 5.41) is 11.1. The maximum absolute atomic E-state index is 13.0. The molecular weight excluding hydrogens is 398 g/mol. The van der Waals surface area contributed by atoms with Crippen molar-refractivity contribution in [2.45, 2.75) is 13.0 Å². The molecule has 2 aliphatic heterocycles. The smallest absolute Gasteiger partial charge is 0.254 e. The SMILES string of the molecule is CC(c1ccc(-c2ccc(C(=O)N3CC(C#N)C3)c3ccccc23)cc1)N1CCOCC1. The topological polar surface area (TPSA) is 56.6 Å². The van der Waals surface area contributed by atoms with Gasteiger partial charge in [0, 0.05) is 37.8 Å². The number of hydrogen-bond donors (Lipinski definition) is 0. The summed E-state index contributed by atoms with van der Waals surface area (Å²) in [4.78, 5) is 17.2. The predicted octanol–water partition coefficient (Wildman–Crippen LogP) is 4.50. The van der Waals surface area contributed by atoms with Crippen molar-refractivity contribution >= 4 is 16.7 Å². The maximum atomic E-state index is 13.0. The Kier molecular flexibility index (Phi) is 5.65. The molecule has 0 saturated carbocycles. The fourth-order valence-electron chi connectivity index (χ4n) is 4.75. The van der Waals surface area contributed by atoms with E-state index in [0.717, 1.165) is 48.2 Å². The van der Waals surface area contributed by atoms with Gasteiger partial charge in [-0.2, -0.15) is 5.26 Å². The van der Waals surface area contributed by atoms with Crippen molar-refractivity contribution in [1.29, 1.82) is 5.26 Å². The summed E-state index contributed by atoms with van der Waals surface area (Å²) in [5.74, 6) is -0.0308. The van der Waals surface area contributed by atoms with E-state index in [9.17, 15) is 4.79 Å². The second-order valence-electron chi connectivity index (χ2n) is 8.69. The zero-order valence-electron chi connectivity index (χ0n) is 18.3. The summed E-state index contributed by atoms with van der Waals surface area (Å²) in [6.07, 6.45) is 0. The van der Waals surface area contributed by atoms with Gasteiger partial charge < -0.3 is 9.64 Å². The summed E-state index contributed by atoms with van der Waals surface area (Å²) < 4.78 is 5.48. The lowest BCUT2D eigenvalue weighted by Crippen LogP contribution is -2.49. The van der Waals surface area contributed by atoms with E-state index in [2.05, 4.69) is 54.3 Å². The Morgan fingerprint density at radius 1 is 1.00 bits per heavy atom. The molecule has 0 radical (unpaired) electrons. The van der Waals surface area contributed by atoms with Crippen LogP contribution in [0.5, 0.6) is 0 Å². The lowest BCUT2D eigenvalue weighted by molar-refractivity contribution is 0.0198. The van der Waals surface area contributed by atoms with E-state index in [1.807, 2.05) is 24.3 Å². The van der Waals surface area contributed by atoms with Crippen LogP contribution in [0.15, 0.2) is 60.7 Å². The molecule has 1 unspecified atom stereocenters. The van der Waals surface area contributed by atoms with E-state index in [1.165, 1.54) is 5.56 Å². The van der Waals surface area contributed by atoms with Crippen molar-refractivity contribution in [3.63, 3.8) is 0 Å². The summed E-state index contributed by atoms with van der Waals surface area (Å²) in [5.41, 5.74) is 4.28. The van der Waals surface area contributed by atoms with E-state index in [1.54, 1.807) is 4.90 Å². The Labute approximate surface area is 188 Å². The molecule has 0 spiro atoms. The van der Waals surface area contributed by atoms with Crippen LogP contribution >= 0.6 is 0 Å². The van der Waals surface area contributed by atoms with Gasteiger partial charge in [-0.15, -0.1) is 0 Å². The summed E-state index contributed by atoms with van der Waals surface area (Å²) >= 11 is 0. The van der Waals surface area contributed by atoms with Gasteiger partial charge >= 0.3 is 0 Å². The number of benzene rings is 3. The molecule has 1 amide bonds. The molecule has 3 aromatic carbocycles. The number of carbonyl (C=O) groups excluding carboxylic acids is 1. The fraction of sp³-hybridized carbons (Fsp3) is 0.333. The van der Waals surface area contributed by atoms with Crippen molar-refractivity contribution in [3.8, 4) is 17.2 Å². The number of carbonyl (C=O) groups is 1. The van der Waals surface area contributed by atoms with Gasteiger partial charge in [-0.25, -0.2) is 0 Å². The maximum Gasteiger partial charge on any atom is 0.254 e. The van der Waals surface area contributed by atoms with Crippen molar-refractivity contribution in [2.24, 2.45) is 5.92 Å². The van der Waals surface area contributed by atoms with Gasteiger partial charge in [-0.3, -0.25) is 9.69 Å². The van der Waals surface area contributed by atoms with Gasteiger partial charge in [-0.1, -0.05) is 54.6 Å². The van der Waals surface area contributed by atoms with Gasteiger partial charge in [-0.05, 0) is 40.5 Å². The summed E-state index contributed by atoms with van der Waals surface area (Å²) in [6.45, 7) is 6.83. The van der Waals surface area contributed by atoms with E-state index in [4.69, 9.17) is 10.00 Å². The molecule has 0 aromatic heterocycles. The number of amides is 1. The van der Waals surface area contributed by atoms with Gasteiger partial charge in [0.15, 0.2) is 0 Å². The minimum Gasteiger partial charge on any atom is -0.379 e. The first kappa shape index (κ1) is 20.7. The lowest BCUT2D eigenvalue weighted by Gasteiger charge is -2.35. The molecule has 5 nitrogen and oxygen atoms in total. The van der Waals surface area contributed by atoms with Crippen LogP contribution < -0.4 is 0 Å². The van der Waals surface area contributed by atoms with Crippen LogP contribution in [-0.2, 0) is 4.74 Å². The molecule has 1 atom stereocenters. The van der Waals surface area contributed by atoms with Gasteiger partial charge in [0.05, 0.1) is 25.2 Å². The molecule has 0 N–H and O–H groups in total. The average molecular weight is 426 g/mol. The number of likely N-dealkylation sites (tertiary alicyclic amines) is 1. The zero-order valence-corrected chi connectivity index (χ0v) is 18.3. The number of fused-ring (bicyclic) bond motifs is 1. The van der Waals surface area contributed by atoms with Crippen molar-refractivity contribution in [2.75, 3.05) is 39.4 Å². The Bertz CT molecular complexity index is 1170. The highest BCUT2D eigenvalue weighted by Crippen LogP contribution is 2.33. The molecule has 0 bridgehead atoms. The Morgan fingerprint density at radius 3 is 2.38 bits per heavy atom. The Hall–Kier alpha value is -3.20. The Morgan fingerprint density at radius 2 is 1.69 bits per heavy atom. The quantitative estimate of drug-likeness (QED) is 0.618. The number of nitriles is 1. The monoisotopic (exact) mass is 425 g/mol. The van der Waals surface area contributed by atoms with Crippen LogP contribution in [-0.4, -0.2) is 55.1 Å². The van der Waals surface area contributed by atoms with Crippen LogP contribution in [0.3, 0.4) is 0 Å². The molecular formula is C27H27N3O2. The third kappa shape index (κ3) is 3.77. The lowest BCUT2D eigenvalue weighted by atomic mass is 9.92. The molecule has 2 heterocycles. The van der Waals surface area contributed by atoms with Gasteiger partial charge in [0.25, 0.3) is 5.91 Å². The number of ether oxygens (including phenoxy) is 1. The van der Waals surface area contributed by atoms with Crippen LogP contribution in [0.2, 0.25) is 0 Å². The normalized spacial score (nSPS) is 18.2. The highest BCUT2D eigenvalue weighted by molar-refractivity contribution is 6.11. The number of rotatable bonds is 4. The standard InChI is InChI=1S/C27H27N3O2/c1-19(29-12-14-32-15-13-29)21-6-8-22(9-7-21)23-10-11-26(25-5-3-2-4-24(23)25)27(31)30-17-20(16-28)18-30/h2-11,19-20H,12-15,17-18H2,1H3. The van der Waals surface area contributed by atoms with E-state index in [-0.39, 0.29) is 11.8 Å². The van der Waals surface area contributed by atoms with Gasteiger partial charge in [0.1, 0.15) is 0 Å².